The fraction of sp³-hybridized carbons (Fsp3) is 1.00. The highest BCUT2D eigenvalue weighted by Crippen LogP contribution is 2.02. The molecule has 0 fully saturated rings. The van der Waals surface area contributed by atoms with Gasteiger partial charge in [-0.1, -0.05) is 27.2 Å². The molecule has 1 unspecified atom stereocenters. The monoisotopic (exact) mass is 236 g/mol. The van der Waals surface area contributed by atoms with Crippen molar-refractivity contribution in [1.82, 2.24) is 10.0 Å². The lowest BCUT2D eigenvalue weighted by molar-refractivity contribution is 0.482. The summed E-state index contributed by atoms with van der Waals surface area (Å²) in [6.45, 7) is 8.02. The zero-order valence-corrected chi connectivity index (χ0v) is 10.9. The summed E-state index contributed by atoms with van der Waals surface area (Å²) in [6.07, 6.45) is 2.37. The quantitative estimate of drug-likeness (QED) is 0.586. The van der Waals surface area contributed by atoms with Gasteiger partial charge in [0.05, 0.1) is 5.75 Å². The van der Waals surface area contributed by atoms with Crippen molar-refractivity contribution in [3.05, 3.63) is 0 Å². The third-order valence-corrected chi connectivity index (χ3v) is 3.66. The Bertz CT molecular complexity index is 240. The van der Waals surface area contributed by atoms with Crippen LogP contribution in [0, 0.1) is 5.92 Å². The molecule has 0 spiro atoms. The molecule has 0 rings (SSSR count). The lowest BCUT2D eigenvalue weighted by Crippen LogP contribution is -2.33. The second kappa shape index (κ2) is 8.07. The first kappa shape index (κ1) is 14.9. The molecule has 0 bridgehead atoms. The highest BCUT2D eigenvalue weighted by atomic mass is 32.2. The Morgan fingerprint density at radius 2 is 1.93 bits per heavy atom. The molecule has 0 aliphatic rings. The summed E-state index contributed by atoms with van der Waals surface area (Å²) >= 11 is 0. The van der Waals surface area contributed by atoms with Crippen LogP contribution in [0.4, 0.5) is 0 Å². The summed E-state index contributed by atoms with van der Waals surface area (Å²) in [6, 6.07) is 0. The highest BCUT2D eigenvalue weighted by molar-refractivity contribution is 7.89. The van der Waals surface area contributed by atoms with Crippen LogP contribution in [0.2, 0.25) is 0 Å². The minimum atomic E-state index is -3.05. The Morgan fingerprint density at radius 3 is 2.47 bits per heavy atom. The molecule has 4 nitrogen and oxygen atoms in total. The number of hydrogen-bond acceptors (Lipinski definition) is 3. The molecule has 5 heteroatoms. The van der Waals surface area contributed by atoms with Crippen molar-refractivity contribution in [3.63, 3.8) is 0 Å². The SMILES string of the molecule is CCCC(C)CNCCS(=O)(=O)NCC. The first-order chi connectivity index (χ1) is 7.02. The van der Waals surface area contributed by atoms with Crippen LogP contribution in [0.25, 0.3) is 0 Å². The maximum atomic E-state index is 11.2. The van der Waals surface area contributed by atoms with Gasteiger partial charge in [0, 0.05) is 13.1 Å². The van der Waals surface area contributed by atoms with Gasteiger partial charge in [-0.25, -0.2) is 13.1 Å². The largest absolute Gasteiger partial charge is 0.315 e. The molecule has 2 N–H and O–H groups in total. The van der Waals surface area contributed by atoms with Crippen LogP contribution in [0.5, 0.6) is 0 Å². The summed E-state index contributed by atoms with van der Waals surface area (Å²) in [4.78, 5) is 0. The van der Waals surface area contributed by atoms with Crippen LogP contribution in [-0.4, -0.2) is 33.8 Å². The van der Waals surface area contributed by atoms with Crippen molar-refractivity contribution in [2.24, 2.45) is 5.92 Å². The molecule has 0 heterocycles. The van der Waals surface area contributed by atoms with E-state index in [9.17, 15) is 8.42 Å². The van der Waals surface area contributed by atoms with Gasteiger partial charge in [-0.15, -0.1) is 0 Å². The summed E-state index contributed by atoms with van der Waals surface area (Å²) < 4.78 is 25.0. The molecule has 0 aromatic heterocycles. The van der Waals surface area contributed by atoms with Gasteiger partial charge in [0.1, 0.15) is 0 Å². The molecule has 0 amide bonds. The summed E-state index contributed by atoms with van der Waals surface area (Å²) in [5, 5.41) is 3.17. The second-order valence-electron chi connectivity index (χ2n) is 3.91. The van der Waals surface area contributed by atoms with E-state index in [1.807, 2.05) is 0 Å². The highest BCUT2D eigenvalue weighted by Gasteiger charge is 2.07. The van der Waals surface area contributed by atoms with Crippen LogP contribution >= 0.6 is 0 Å². The minimum Gasteiger partial charge on any atom is -0.315 e. The topological polar surface area (TPSA) is 58.2 Å². The summed E-state index contributed by atoms with van der Waals surface area (Å²) in [7, 11) is -3.05. The van der Waals surface area contributed by atoms with Crippen molar-refractivity contribution in [3.8, 4) is 0 Å². The zero-order chi connectivity index (χ0) is 11.7. The summed E-state index contributed by atoms with van der Waals surface area (Å²) in [5.41, 5.74) is 0. The van der Waals surface area contributed by atoms with Gasteiger partial charge in [-0.3, -0.25) is 0 Å². The van der Waals surface area contributed by atoms with Crippen LogP contribution < -0.4 is 10.0 Å². The van der Waals surface area contributed by atoms with Gasteiger partial charge in [-0.2, -0.15) is 0 Å². The Hall–Kier alpha value is -0.130. The van der Waals surface area contributed by atoms with Crippen molar-refractivity contribution < 1.29 is 8.42 Å². The Kier molecular flexibility index (Phi) is 8.00. The molecule has 0 aliphatic carbocycles. The lowest BCUT2D eigenvalue weighted by atomic mass is 10.1. The fourth-order valence-electron chi connectivity index (χ4n) is 1.44. The molecular weight excluding hydrogens is 212 g/mol. The van der Waals surface area contributed by atoms with E-state index in [-0.39, 0.29) is 5.75 Å². The van der Waals surface area contributed by atoms with Crippen LogP contribution in [0.3, 0.4) is 0 Å². The first-order valence-electron chi connectivity index (χ1n) is 5.69. The van der Waals surface area contributed by atoms with Crippen LogP contribution in [-0.2, 0) is 10.0 Å². The molecule has 0 aromatic carbocycles. The first-order valence-corrected chi connectivity index (χ1v) is 7.35. The molecule has 0 radical (unpaired) electrons. The summed E-state index contributed by atoms with van der Waals surface area (Å²) in [5.74, 6) is 0.788. The lowest BCUT2D eigenvalue weighted by Gasteiger charge is -2.11. The van der Waals surface area contributed by atoms with Gasteiger partial charge in [0.25, 0.3) is 0 Å². The van der Waals surface area contributed by atoms with E-state index < -0.39 is 10.0 Å². The maximum absolute atomic E-state index is 11.2. The smallest absolute Gasteiger partial charge is 0.212 e. The predicted octanol–water partition coefficient (Wildman–Crippen LogP) is 0.952. The number of rotatable bonds is 9. The van der Waals surface area contributed by atoms with Crippen LogP contribution in [0.1, 0.15) is 33.6 Å². The molecule has 15 heavy (non-hydrogen) atoms. The van der Waals surface area contributed by atoms with E-state index in [2.05, 4.69) is 23.9 Å². The van der Waals surface area contributed by atoms with E-state index in [4.69, 9.17) is 0 Å². The number of hydrogen-bond donors (Lipinski definition) is 2. The minimum absolute atomic E-state index is 0.166. The molecule has 1 atom stereocenters. The fourth-order valence-corrected chi connectivity index (χ4v) is 2.44. The van der Waals surface area contributed by atoms with E-state index in [1.165, 1.54) is 12.8 Å². The van der Waals surface area contributed by atoms with Crippen LogP contribution in [0.15, 0.2) is 0 Å². The molecule has 0 saturated carbocycles. The second-order valence-corrected chi connectivity index (χ2v) is 5.84. The molecular formula is C10H24N2O2S. The number of nitrogens with one attached hydrogen (secondary N) is 2. The Labute approximate surface area is 93.9 Å². The standard InChI is InChI=1S/C10H24N2O2S/c1-4-6-10(3)9-11-7-8-15(13,14)12-5-2/h10-12H,4-9H2,1-3H3. The third kappa shape index (κ3) is 8.84. The molecule has 0 saturated heterocycles. The molecule has 0 aromatic rings. The number of sulfonamides is 1. The average Bonchev–Trinajstić information content (AvgIpc) is 2.13. The van der Waals surface area contributed by atoms with Gasteiger partial charge < -0.3 is 5.32 Å². The van der Waals surface area contributed by atoms with Gasteiger partial charge in [0.15, 0.2) is 0 Å². The van der Waals surface area contributed by atoms with Gasteiger partial charge >= 0.3 is 0 Å². The van der Waals surface area contributed by atoms with E-state index >= 15 is 0 Å². The van der Waals surface area contributed by atoms with Crippen molar-refractivity contribution in [2.45, 2.75) is 33.6 Å². The van der Waals surface area contributed by atoms with Crippen molar-refractivity contribution in [1.29, 1.82) is 0 Å². The Morgan fingerprint density at radius 1 is 1.27 bits per heavy atom. The molecule has 0 aliphatic heterocycles. The van der Waals surface area contributed by atoms with E-state index in [0.29, 0.717) is 19.0 Å². The molecule has 92 valence electrons. The van der Waals surface area contributed by atoms with E-state index in [0.717, 1.165) is 6.54 Å². The van der Waals surface area contributed by atoms with Gasteiger partial charge in [-0.05, 0) is 18.9 Å². The van der Waals surface area contributed by atoms with Crippen molar-refractivity contribution >= 4 is 10.0 Å². The normalized spacial score (nSPS) is 14.1. The van der Waals surface area contributed by atoms with Gasteiger partial charge in [0.2, 0.25) is 10.0 Å². The van der Waals surface area contributed by atoms with E-state index in [1.54, 1.807) is 6.92 Å². The van der Waals surface area contributed by atoms with Crippen molar-refractivity contribution in [2.75, 3.05) is 25.4 Å². The maximum Gasteiger partial charge on any atom is 0.212 e. The average molecular weight is 236 g/mol. The third-order valence-electron chi connectivity index (χ3n) is 2.19. The Balaban J connectivity index is 3.54. The predicted molar refractivity (Wildman–Crippen MR) is 64.4 cm³/mol. The zero-order valence-electron chi connectivity index (χ0n) is 10.0.